The lowest BCUT2D eigenvalue weighted by Crippen LogP contribution is -2.63. The molecule has 2 amide bonds. The zero-order chi connectivity index (χ0) is 14.1. The number of carbonyl (C=O) groups is 2. The number of ether oxygens (including phenoxy) is 1. The lowest BCUT2D eigenvalue weighted by atomic mass is 9.97. The van der Waals surface area contributed by atoms with E-state index in [1.54, 1.807) is 0 Å². The zero-order valence-corrected chi connectivity index (χ0v) is 12.2. The Bertz CT molecular complexity index is 393. The first-order valence-electron chi connectivity index (χ1n) is 7.91. The van der Waals surface area contributed by atoms with Gasteiger partial charge in [0.1, 0.15) is 12.1 Å². The quantitative estimate of drug-likeness (QED) is 0.775. The van der Waals surface area contributed by atoms with Crippen molar-refractivity contribution in [1.82, 2.24) is 9.80 Å². The largest absolute Gasteiger partial charge is 0.381 e. The number of hydrogen-bond acceptors (Lipinski definition) is 3. The van der Waals surface area contributed by atoms with E-state index in [2.05, 4.69) is 0 Å². The van der Waals surface area contributed by atoms with Crippen molar-refractivity contribution in [3.05, 3.63) is 0 Å². The smallest absolute Gasteiger partial charge is 0.246 e. The van der Waals surface area contributed by atoms with Crippen molar-refractivity contribution in [2.45, 2.75) is 51.1 Å². The zero-order valence-electron chi connectivity index (χ0n) is 12.2. The fraction of sp³-hybridized carbons (Fsp3) is 0.867. The van der Waals surface area contributed by atoms with Crippen LogP contribution in [0, 0.1) is 5.92 Å². The van der Waals surface area contributed by atoms with Crippen LogP contribution in [0.2, 0.25) is 0 Å². The van der Waals surface area contributed by atoms with Crippen molar-refractivity contribution < 1.29 is 14.3 Å². The Morgan fingerprint density at radius 1 is 1.20 bits per heavy atom. The predicted molar refractivity (Wildman–Crippen MR) is 74.1 cm³/mol. The number of amides is 2. The SMILES string of the molecule is CCC1C(=O)N2CCCC2C(=O)N1CC1CCCOC1. The van der Waals surface area contributed by atoms with Gasteiger partial charge in [0.2, 0.25) is 11.8 Å². The van der Waals surface area contributed by atoms with Gasteiger partial charge in [0.25, 0.3) is 0 Å². The molecule has 3 fully saturated rings. The maximum Gasteiger partial charge on any atom is 0.246 e. The molecule has 3 rings (SSSR count). The van der Waals surface area contributed by atoms with Crippen molar-refractivity contribution in [2.75, 3.05) is 26.3 Å². The maximum absolute atomic E-state index is 12.7. The second-order valence-corrected chi connectivity index (χ2v) is 6.19. The van der Waals surface area contributed by atoms with Crippen LogP contribution in [0.25, 0.3) is 0 Å². The van der Waals surface area contributed by atoms with Crippen LogP contribution >= 0.6 is 0 Å². The molecule has 3 unspecified atom stereocenters. The minimum atomic E-state index is -0.251. The molecule has 112 valence electrons. The molecule has 3 aliphatic rings. The van der Waals surface area contributed by atoms with E-state index in [9.17, 15) is 9.59 Å². The van der Waals surface area contributed by atoms with E-state index in [1.807, 2.05) is 16.7 Å². The molecule has 0 saturated carbocycles. The fourth-order valence-electron chi connectivity index (χ4n) is 3.80. The topological polar surface area (TPSA) is 49.9 Å². The minimum Gasteiger partial charge on any atom is -0.381 e. The Hall–Kier alpha value is -1.10. The number of piperazine rings is 1. The van der Waals surface area contributed by atoms with E-state index < -0.39 is 0 Å². The summed E-state index contributed by atoms with van der Waals surface area (Å²) in [7, 11) is 0. The van der Waals surface area contributed by atoms with Gasteiger partial charge in [0.15, 0.2) is 0 Å². The highest BCUT2D eigenvalue weighted by atomic mass is 16.5. The average Bonchev–Trinajstić information content (AvgIpc) is 2.96. The Balaban J connectivity index is 1.75. The van der Waals surface area contributed by atoms with Crippen molar-refractivity contribution in [2.24, 2.45) is 5.92 Å². The standard InChI is InChI=1S/C15H24N2O3/c1-2-12-14(18)16-7-3-6-13(16)15(19)17(12)9-11-5-4-8-20-10-11/h11-13H,2-10H2,1H3. The molecule has 0 aromatic carbocycles. The van der Waals surface area contributed by atoms with Gasteiger partial charge in [0, 0.05) is 19.7 Å². The van der Waals surface area contributed by atoms with Gasteiger partial charge in [-0.1, -0.05) is 6.92 Å². The van der Waals surface area contributed by atoms with Crippen molar-refractivity contribution in [3.8, 4) is 0 Å². The molecule has 5 nitrogen and oxygen atoms in total. The van der Waals surface area contributed by atoms with Crippen molar-refractivity contribution in [3.63, 3.8) is 0 Å². The first kappa shape index (κ1) is 13.9. The van der Waals surface area contributed by atoms with Gasteiger partial charge in [-0.25, -0.2) is 0 Å². The van der Waals surface area contributed by atoms with E-state index in [-0.39, 0.29) is 23.9 Å². The molecule has 0 radical (unpaired) electrons. The summed E-state index contributed by atoms with van der Waals surface area (Å²) in [5, 5.41) is 0. The van der Waals surface area contributed by atoms with Crippen LogP contribution in [0.5, 0.6) is 0 Å². The summed E-state index contributed by atoms with van der Waals surface area (Å²) in [5.74, 6) is 0.716. The van der Waals surface area contributed by atoms with Crippen LogP contribution < -0.4 is 0 Å². The number of rotatable bonds is 3. The van der Waals surface area contributed by atoms with E-state index in [4.69, 9.17) is 4.74 Å². The van der Waals surface area contributed by atoms with Crippen LogP contribution in [0.1, 0.15) is 39.0 Å². The predicted octanol–water partition coefficient (Wildman–Crippen LogP) is 1.02. The monoisotopic (exact) mass is 280 g/mol. The van der Waals surface area contributed by atoms with Gasteiger partial charge in [0.05, 0.1) is 6.61 Å². The summed E-state index contributed by atoms with van der Waals surface area (Å²) in [5.41, 5.74) is 0. The fourth-order valence-corrected chi connectivity index (χ4v) is 3.80. The molecular weight excluding hydrogens is 256 g/mol. The summed E-state index contributed by atoms with van der Waals surface area (Å²) < 4.78 is 5.51. The Kier molecular flexibility index (Phi) is 3.96. The molecule has 3 atom stereocenters. The summed E-state index contributed by atoms with van der Waals surface area (Å²) in [4.78, 5) is 28.9. The molecule has 0 aromatic rings. The van der Waals surface area contributed by atoms with Crippen molar-refractivity contribution >= 4 is 11.8 Å². The number of fused-ring (bicyclic) bond motifs is 1. The molecule has 20 heavy (non-hydrogen) atoms. The summed E-state index contributed by atoms with van der Waals surface area (Å²) in [6, 6.07) is -0.436. The number of hydrogen-bond donors (Lipinski definition) is 0. The molecule has 0 aliphatic carbocycles. The summed E-state index contributed by atoms with van der Waals surface area (Å²) in [6.45, 7) is 5.00. The third-order valence-corrected chi connectivity index (χ3v) is 4.86. The van der Waals surface area contributed by atoms with Gasteiger partial charge >= 0.3 is 0 Å². The Labute approximate surface area is 120 Å². The third-order valence-electron chi connectivity index (χ3n) is 4.86. The van der Waals surface area contributed by atoms with E-state index in [0.29, 0.717) is 18.9 Å². The van der Waals surface area contributed by atoms with Crippen LogP contribution in [0.15, 0.2) is 0 Å². The summed E-state index contributed by atoms with van der Waals surface area (Å²) in [6.07, 6.45) is 4.66. The van der Waals surface area contributed by atoms with Crippen molar-refractivity contribution in [1.29, 1.82) is 0 Å². The highest BCUT2D eigenvalue weighted by Crippen LogP contribution is 2.29. The highest BCUT2D eigenvalue weighted by molar-refractivity contribution is 5.97. The van der Waals surface area contributed by atoms with E-state index in [0.717, 1.165) is 45.4 Å². The molecule has 3 saturated heterocycles. The molecule has 0 spiro atoms. The van der Waals surface area contributed by atoms with Gasteiger partial charge in [-0.05, 0) is 38.0 Å². The van der Waals surface area contributed by atoms with Gasteiger partial charge in [-0.2, -0.15) is 0 Å². The van der Waals surface area contributed by atoms with Gasteiger partial charge in [-0.15, -0.1) is 0 Å². The van der Waals surface area contributed by atoms with Crippen LogP contribution in [-0.2, 0) is 14.3 Å². The van der Waals surface area contributed by atoms with Gasteiger partial charge < -0.3 is 14.5 Å². The molecule has 5 heteroatoms. The lowest BCUT2D eigenvalue weighted by Gasteiger charge is -2.43. The average molecular weight is 280 g/mol. The highest BCUT2D eigenvalue weighted by Gasteiger charge is 2.47. The minimum absolute atomic E-state index is 0.159. The third kappa shape index (κ3) is 2.32. The first-order valence-corrected chi connectivity index (χ1v) is 7.91. The lowest BCUT2D eigenvalue weighted by molar-refractivity contribution is -0.160. The Morgan fingerprint density at radius 2 is 2.05 bits per heavy atom. The second-order valence-electron chi connectivity index (χ2n) is 6.19. The molecule has 0 bridgehead atoms. The van der Waals surface area contributed by atoms with Crippen LogP contribution in [0.3, 0.4) is 0 Å². The van der Waals surface area contributed by atoms with Gasteiger partial charge in [-0.3, -0.25) is 9.59 Å². The molecule has 0 N–H and O–H groups in total. The summed E-state index contributed by atoms with van der Waals surface area (Å²) >= 11 is 0. The van der Waals surface area contributed by atoms with E-state index >= 15 is 0 Å². The normalized spacial score (nSPS) is 34.5. The second kappa shape index (κ2) is 5.72. The number of nitrogens with zero attached hydrogens (tertiary/aromatic N) is 2. The molecular formula is C15H24N2O3. The maximum atomic E-state index is 12.7. The molecule has 3 aliphatic heterocycles. The van der Waals surface area contributed by atoms with Crippen LogP contribution in [-0.4, -0.2) is 60.0 Å². The van der Waals surface area contributed by atoms with Crippen LogP contribution in [0.4, 0.5) is 0 Å². The molecule has 0 aromatic heterocycles. The Morgan fingerprint density at radius 3 is 2.75 bits per heavy atom. The number of carbonyl (C=O) groups excluding carboxylic acids is 2. The first-order chi connectivity index (χ1) is 9.72. The molecule has 3 heterocycles. The van der Waals surface area contributed by atoms with E-state index in [1.165, 1.54) is 0 Å².